The fourth-order valence-electron chi connectivity index (χ4n) is 3.37. The Balaban J connectivity index is 2.07. The zero-order chi connectivity index (χ0) is 25.1. The Hall–Kier alpha value is -3.18. The molecule has 2 aromatic rings. The van der Waals surface area contributed by atoms with E-state index >= 15 is 0 Å². The first-order valence-electron chi connectivity index (χ1n) is 10.9. The molecule has 0 saturated carbocycles. The lowest BCUT2D eigenvalue weighted by Gasteiger charge is -2.40. The van der Waals surface area contributed by atoms with Crippen LogP contribution in [-0.2, 0) is 13.9 Å². The average molecular weight is 488 g/mol. The van der Waals surface area contributed by atoms with Crippen molar-refractivity contribution in [1.29, 1.82) is 0 Å². The van der Waals surface area contributed by atoms with Gasteiger partial charge in [-0.25, -0.2) is 9.59 Å². The van der Waals surface area contributed by atoms with Crippen molar-refractivity contribution in [3.05, 3.63) is 79.4 Å². The van der Waals surface area contributed by atoms with Gasteiger partial charge in [-0.05, 0) is 35.8 Å². The zero-order valence-corrected chi connectivity index (χ0v) is 20.8. The third-order valence-electron chi connectivity index (χ3n) is 6.23. The number of nitrogens with one attached hydrogen (secondary N) is 1. The lowest BCUT2D eigenvalue weighted by Crippen LogP contribution is -2.50. The van der Waals surface area contributed by atoms with Gasteiger partial charge in [-0.1, -0.05) is 44.1 Å². The van der Waals surface area contributed by atoms with E-state index in [0.29, 0.717) is 5.56 Å². The van der Waals surface area contributed by atoms with Gasteiger partial charge in [0.15, 0.2) is 20.6 Å². The minimum Gasteiger partial charge on any atom is -0.453 e. The van der Waals surface area contributed by atoms with Gasteiger partial charge in [-0.2, -0.15) is 0 Å². The van der Waals surface area contributed by atoms with Crippen LogP contribution in [0, 0.1) is 0 Å². The summed E-state index contributed by atoms with van der Waals surface area (Å²) in [5.41, 5.74) is 7.95. The van der Waals surface area contributed by atoms with E-state index in [1.807, 2.05) is 13.1 Å². The summed E-state index contributed by atoms with van der Waals surface area (Å²) in [7, 11) is -2.47. The lowest BCUT2D eigenvalue weighted by atomic mass is 10.1. The van der Waals surface area contributed by atoms with E-state index in [4.69, 9.17) is 19.4 Å². The number of aromatic amines is 1. The van der Waals surface area contributed by atoms with Crippen LogP contribution >= 0.6 is 0 Å². The maximum atomic E-state index is 12.9. The van der Waals surface area contributed by atoms with E-state index in [2.05, 4.69) is 35.8 Å². The summed E-state index contributed by atoms with van der Waals surface area (Å²) in [6, 6.07) is 9.64. The third kappa shape index (κ3) is 5.48. The lowest BCUT2D eigenvalue weighted by molar-refractivity contribution is -0.0337. The van der Waals surface area contributed by atoms with Gasteiger partial charge in [-0.15, -0.1) is 0 Å². The SMILES string of the molecule is CC(C)(C)[Si](C)(C)O[C@@H]1[C@H](OC(=O)c2ccccc2)[C@@H](CN=[N+]=[N-])O[C@H]1n1ccc(=O)[nH]c1=O. The summed E-state index contributed by atoms with van der Waals surface area (Å²) in [6.07, 6.45) is -2.46. The first-order chi connectivity index (χ1) is 15.9. The van der Waals surface area contributed by atoms with Crippen molar-refractivity contribution in [2.75, 3.05) is 6.54 Å². The van der Waals surface area contributed by atoms with E-state index in [9.17, 15) is 14.4 Å². The molecule has 2 heterocycles. The van der Waals surface area contributed by atoms with Crippen molar-refractivity contribution in [3.8, 4) is 0 Å². The van der Waals surface area contributed by atoms with Crippen LogP contribution in [0.2, 0.25) is 18.1 Å². The molecule has 1 fully saturated rings. The molecular weight excluding hydrogens is 458 g/mol. The van der Waals surface area contributed by atoms with Gasteiger partial charge >= 0.3 is 11.7 Å². The van der Waals surface area contributed by atoms with Crippen LogP contribution in [0.1, 0.15) is 37.4 Å². The van der Waals surface area contributed by atoms with Gasteiger partial charge in [0, 0.05) is 17.2 Å². The smallest absolute Gasteiger partial charge is 0.338 e. The molecule has 1 aliphatic heterocycles. The molecule has 1 aliphatic rings. The number of nitrogens with zero attached hydrogens (tertiary/aromatic N) is 4. The highest BCUT2D eigenvalue weighted by atomic mass is 28.4. The normalized spacial score (nSPS) is 22.7. The van der Waals surface area contributed by atoms with Crippen LogP contribution in [0.4, 0.5) is 0 Å². The maximum Gasteiger partial charge on any atom is 0.338 e. The summed E-state index contributed by atoms with van der Waals surface area (Å²) < 4.78 is 19.8. The van der Waals surface area contributed by atoms with Crippen LogP contribution in [0.15, 0.2) is 57.3 Å². The van der Waals surface area contributed by atoms with Gasteiger partial charge in [-0.3, -0.25) is 14.3 Å². The second-order valence-electron chi connectivity index (χ2n) is 9.57. The molecule has 0 radical (unpaired) electrons. The monoisotopic (exact) mass is 487 g/mol. The number of esters is 1. The van der Waals surface area contributed by atoms with Crippen LogP contribution < -0.4 is 11.2 Å². The molecule has 11 nitrogen and oxygen atoms in total. The Morgan fingerprint density at radius 2 is 1.88 bits per heavy atom. The van der Waals surface area contributed by atoms with E-state index in [0.717, 1.165) is 0 Å². The standard InChI is InChI=1S/C22H29N5O6Si/c1-22(2,3)34(4,5)33-18-17(32-20(29)14-9-7-6-8-10-14)15(13-24-26-23)31-19(18)27-12-11-16(28)25-21(27)30/h6-12,15,17-19H,13H2,1-5H3,(H,25,28,30)/t15-,17-,18-,19-/m1/s1. The summed E-state index contributed by atoms with van der Waals surface area (Å²) in [6.45, 7) is 10.1. The van der Waals surface area contributed by atoms with Crippen molar-refractivity contribution >= 4 is 14.3 Å². The van der Waals surface area contributed by atoms with Crippen LogP contribution in [0.5, 0.6) is 0 Å². The molecule has 12 heteroatoms. The summed E-state index contributed by atoms with van der Waals surface area (Å²) in [5.74, 6) is -0.599. The van der Waals surface area contributed by atoms with Crippen molar-refractivity contribution in [3.63, 3.8) is 0 Å². The Bertz CT molecular complexity index is 1180. The first-order valence-corrected chi connectivity index (χ1v) is 13.8. The quantitative estimate of drug-likeness (QED) is 0.208. The van der Waals surface area contributed by atoms with Crippen LogP contribution in [-0.4, -0.2) is 48.7 Å². The van der Waals surface area contributed by atoms with Gasteiger partial charge in [0.1, 0.15) is 12.2 Å². The Morgan fingerprint density at radius 1 is 1.21 bits per heavy atom. The van der Waals surface area contributed by atoms with Gasteiger partial charge in [0.2, 0.25) is 0 Å². The maximum absolute atomic E-state index is 12.9. The Labute approximate surface area is 197 Å². The average Bonchev–Trinajstić information content (AvgIpc) is 3.08. The number of hydrogen-bond donors (Lipinski definition) is 1. The molecule has 0 spiro atoms. The number of rotatable bonds is 7. The summed E-state index contributed by atoms with van der Waals surface area (Å²) in [5, 5.41) is 3.40. The second-order valence-corrected chi connectivity index (χ2v) is 14.3. The predicted octanol–water partition coefficient (Wildman–Crippen LogP) is 3.36. The topological polar surface area (TPSA) is 148 Å². The molecular formula is C22H29N5O6Si. The number of hydrogen-bond acceptors (Lipinski definition) is 7. The molecule has 3 rings (SSSR count). The molecule has 1 saturated heterocycles. The van der Waals surface area contributed by atoms with Gasteiger partial charge in [0.25, 0.3) is 5.56 Å². The molecule has 1 aromatic heterocycles. The summed E-state index contributed by atoms with van der Waals surface area (Å²) in [4.78, 5) is 42.2. The van der Waals surface area contributed by atoms with Crippen molar-refractivity contribution < 1.29 is 18.7 Å². The summed E-state index contributed by atoms with van der Waals surface area (Å²) >= 11 is 0. The Kier molecular flexibility index (Phi) is 7.47. The fourth-order valence-corrected chi connectivity index (χ4v) is 4.66. The highest BCUT2D eigenvalue weighted by Crippen LogP contribution is 2.42. The van der Waals surface area contributed by atoms with E-state index < -0.39 is 50.1 Å². The molecule has 4 atom stereocenters. The number of carbonyl (C=O) groups excluding carboxylic acids is 1. The molecule has 182 valence electrons. The predicted molar refractivity (Wildman–Crippen MR) is 127 cm³/mol. The van der Waals surface area contributed by atoms with Crippen molar-refractivity contribution in [1.82, 2.24) is 9.55 Å². The highest BCUT2D eigenvalue weighted by molar-refractivity contribution is 6.74. The second kappa shape index (κ2) is 9.98. The van der Waals surface area contributed by atoms with Crippen LogP contribution in [0.25, 0.3) is 10.4 Å². The molecule has 0 unspecified atom stereocenters. The number of H-pyrrole nitrogens is 1. The van der Waals surface area contributed by atoms with Gasteiger partial charge < -0.3 is 13.9 Å². The number of azide groups is 1. The fraction of sp³-hybridized carbons (Fsp3) is 0.500. The molecule has 34 heavy (non-hydrogen) atoms. The van der Waals surface area contributed by atoms with Crippen LogP contribution in [0.3, 0.4) is 0 Å². The number of aromatic nitrogens is 2. The Morgan fingerprint density at radius 3 is 2.47 bits per heavy atom. The van der Waals surface area contributed by atoms with Gasteiger partial charge in [0.05, 0.1) is 12.1 Å². The zero-order valence-electron chi connectivity index (χ0n) is 19.8. The minimum atomic E-state index is -2.47. The minimum absolute atomic E-state index is 0.144. The molecule has 1 aromatic carbocycles. The van der Waals surface area contributed by atoms with Crippen molar-refractivity contribution in [2.24, 2.45) is 5.11 Å². The van der Waals surface area contributed by atoms with Crippen molar-refractivity contribution in [2.45, 2.75) is 63.4 Å². The number of carbonyl (C=O) groups is 1. The largest absolute Gasteiger partial charge is 0.453 e. The van der Waals surface area contributed by atoms with E-state index in [1.54, 1.807) is 30.3 Å². The number of ether oxygens (including phenoxy) is 2. The molecule has 1 N–H and O–H groups in total. The molecule has 0 bridgehead atoms. The third-order valence-corrected chi connectivity index (χ3v) is 10.7. The van der Waals surface area contributed by atoms with E-state index in [1.165, 1.54) is 16.8 Å². The highest BCUT2D eigenvalue weighted by Gasteiger charge is 2.52. The molecule has 0 aliphatic carbocycles. The first kappa shape index (κ1) is 25.4. The number of benzene rings is 1. The molecule has 0 amide bonds. The van der Waals surface area contributed by atoms with E-state index in [-0.39, 0.29) is 11.6 Å².